The van der Waals surface area contributed by atoms with Crippen LogP contribution in [0.15, 0.2) is 54.6 Å². The lowest BCUT2D eigenvalue weighted by Gasteiger charge is -2.19. The average molecular weight is 711 g/mol. The van der Waals surface area contributed by atoms with Crippen molar-refractivity contribution >= 4 is 32.1 Å². The predicted molar refractivity (Wildman–Crippen MR) is 189 cm³/mol. The second kappa shape index (κ2) is 16.6. The summed E-state index contributed by atoms with van der Waals surface area (Å²) in [5, 5.41) is 11.1. The number of phosphoric ester groups is 1. The van der Waals surface area contributed by atoms with Crippen molar-refractivity contribution in [2.45, 2.75) is 0 Å². The molecular weight excluding hydrogens is 671 g/mol. The predicted octanol–water partition coefficient (Wildman–Crippen LogP) is 7.36. The van der Waals surface area contributed by atoms with Crippen LogP contribution < -0.4 is 46.9 Å². The van der Waals surface area contributed by atoms with Crippen LogP contribution in [0.2, 0.25) is 0 Å². The van der Waals surface area contributed by atoms with Crippen molar-refractivity contribution in [2.75, 3.05) is 56.9 Å². The molecule has 0 fully saturated rings. The molecule has 0 aromatic heterocycles. The highest BCUT2D eigenvalue weighted by Crippen LogP contribution is 2.53. The number of phosphoric acid groups is 1. The number of hydrogen-bond acceptors (Lipinski definition) is 12. The number of benzene rings is 4. The number of rotatable bonds is 16. The first-order valence-corrected chi connectivity index (χ1v) is 16.3. The number of hydrogen-bond donors (Lipinski definition) is 2. The molecule has 0 aliphatic heterocycles. The van der Waals surface area contributed by atoms with Gasteiger partial charge in [-0.1, -0.05) is 30.4 Å². The van der Waals surface area contributed by atoms with Crippen LogP contribution in [0.3, 0.4) is 0 Å². The molecule has 0 spiro atoms. The van der Waals surface area contributed by atoms with E-state index in [-0.39, 0.29) is 22.8 Å². The molecule has 1 unspecified atom stereocenters. The van der Waals surface area contributed by atoms with Crippen LogP contribution in [0.1, 0.15) is 22.3 Å². The Morgan fingerprint density at radius 1 is 0.460 bits per heavy atom. The molecule has 14 heteroatoms. The zero-order valence-corrected chi connectivity index (χ0v) is 29.7. The van der Waals surface area contributed by atoms with Crippen molar-refractivity contribution in [3.05, 3.63) is 76.9 Å². The molecule has 4 rings (SSSR count). The molecule has 2 N–H and O–H groups in total. The molecule has 0 bridgehead atoms. The van der Waals surface area contributed by atoms with Gasteiger partial charge in [-0.05, 0) is 65.2 Å². The van der Waals surface area contributed by atoms with Gasteiger partial charge in [-0.25, -0.2) is 4.57 Å². The lowest BCUT2D eigenvalue weighted by Crippen LogP contribution is -2.03. The summed E-state index contributed by atoms with van der Waals surface area (Å²) >= 11 is 0. The highest BCUT2D eigenvalue weighted by atomic mass is 31.2. The Bertz CT molecular complexity index is 1870. The molecule has 4 aromatic carbocycles. The van der Waals surface area contributed by atoms with Gasteiger partial charge >= 0.3 is 7.82 Å². The first kappa shape index (κ1) is 37.2. The van der Waals surface area contributed by atoms with E-state index >= 15 is 0 Å². The minimum absolute atomic E-state index is 0.0145. The second-order valence-electron chi connectivity index (χ2n) is 10.2. The Labute approximate surface area is 290 Å². The monoisotopic (exact) mass is 710 g/mol. The lowest BCUT2D eigenvalue weighted by atomic mass is 10.1. The van der Waals surface area contributed by atoms with Crippen LogP contribution in [0.4, 0.5) is 0 Å². The molecule has 0 amide bonds. The molecule has 0 aliphatic rings. The standard InChI is InChI=1S/C36H39O13P/c1-40-26-15-12-22(9-10-23-18-29(42-3)34(46-7)30(19-23)43-4)17-28(26)48-50(38,39)49-36-27(41-2)16-14-25(33(36)37)13-11-24-20-31(44-5)35(47-8)32(21-24)45-6/h9-21,37H,1-8H3,(H,38,39). The van der Waals surface area contributed by atoms with Gasteiger partial charge in [0.05, 0.1) is 56.9 Å². The molecule has 1 atom stereocenters. The number of methoxy groups -OCH3 is 8. The Morgan fingerprint density at radius 3 is 1.34 bits per heavy atom. The molecule has 0 saturated heterocycles. The molecule has 0 saturated carbocycles. The third-order valence-electron chi connectivity index (χ3n) is 7.25. The maximum absolute atomic E-state index is 13.4. The van der Waals surface area contributed by atoms with Gasteiger partial charge in [-0.15, -0.1) is 0 Å². The lowest BCUT2D eigenvalue weighted by molar-refractivity contribution is 0.271. The highest BCUT2D eigenvalue weighted by Gasteiger charge is 2.31. The first-order chi connectivity index (χ1) is 24.0. The molecule has 0 heterocycles. The van der Waals surface area contributed by atoms with E-state index < -0.39 is 19.3 Å². The smallest absolute Gasteiger partial charge is 0.504 e. The fourth-order valence-corrected chi connectivity index (χ4v) is 5.69. The van der Waals surface area contributed by atoms with Gasteiger partial charge in [-0.2, -0.15) is 0 Å². The van der Waals surface area contributed by atoms with E-state index in [9.17, 15) is 14.6 Å². The van der Waals surface area contributed by atoms with Crippen LogP contribution in [0.25, 0.3) is 24.3 Å². The van der Waals surface area contributed by atoms with Crippen molar-refractivity contribution in [3.63, 3.8) is 0 Å². The van der Waals surface area contributed by atoms with Gasteiger partial charge in [0, 0.05) is 5.56 Å². The summed E-state index contributed by atoms with van der Waals surface area (Å²) in [6.07, 6.45) is 6.77. The van der Waals surface area contributed by atoms with Gasteiger partial charge in [0.25, 0.3) is 0 Å². The Kier molecular flexibility index (Phi) is 12.4. The summed E-state index contributed by atoms with van der Waals surface area (Å²) in [5.74, 6) is 1.86. The van der Waals surface area contributed by atoms with Crippen molar-refractivity contribution in [2.24, 2.45) is 0 Å². The molecule has 0 radical (unpaired) electrons. The first-order valence-electron chi connectivity index (χ1n) is 14.8. The van der Waals surface area contributed by atoms with E-state index in [1.807, 2.05) is 0 Å². The van der Waals surface area contributed by atoms with Crippen LogP contribution in [-0.2, 0) is 4.57 Å². The quantitative estimate of drug-likeness (QED) is 0.0882. The Morgan fingerprint density at radius 2 is 0.880 bits per heavy atom. The molecule has 4 aromatic rings. The second-order valence-corrected chi connectivity index (χ2v) is 11.5. The van der Waals surface area contributed by atoms with E-state index in [0.29, 0.717) is 45.6 Å². The molecule has 0 aliphatic carbocycles. The highest BCUT2D eigenvalue weighted by molar-refractivity contribution is 7.48. The van der Waals surface area contributed by atoms with Gasteiger partial charge < -0.3 is 52.0 Å². The summed E-state index contributed by atoms with van der Waals surface area (Å²) < 4.78 is 67.4. The van der Waals surface area contributed by atoms with E-state index in [0.717, 1.165) is 5.56 Å². The summed E-state index contributed by atoms with van der Waals surface area (Å²) in [5.41, 5.74) is 2.22. The van der Waals surface area contributed by atoms with Crippen molar-refractivity contribution < 1.29 is 61.5 Å². The molecule has 50 heavy (non-hydrogen) atoms. The topological polar surface area (TPSA) is 150 Å². The van der Waals surface area contributed by atoms with Gasteiger partial charge in [0.15, 0.2) is 46.0 Å². The summed E-state index contributed by atoms with van der Waals surface area (Å²) in [4.78, 5) is 10.9. The fourth-order valence-electron chi connectivity index (χ4n) is 4.85. The van der Waals surface area contributed by atoms with Crippen molar-refractivity contribution in [1.82, 2.24) is 0 Å². The van der Waals surface area contributed by atoms with E-state index in [1.165, 1.54) is 69.0 Å². The SMILES string of the molecule is COc1ccc(C=Cc2cc(OC)c(OC)c(OC)c2)cc1OP(=O)(O)Oc1c(OC)ccc(C=Cc2cc(OC)c(OC)c(OC)c2)c1O. The van der Waals surface area contributed by atoms with Crippen LogP contribution >= 0.6 is 7.82 Å². The number of phenolic OH excluding ortho intramolecular Hbond substituents is 1. The molecular formula is C36H39O13P. The molecule has 266 valence electrons. The average Bonchev–Trinajstić information content (AvgIpc) is 3.12. The summed E-state index contributed by atoms with van der Waals surface area (Å²) in [6, 6.07) is 14.8. The zero-order chi connectivity index (χ0) is 36.4. The van der Waals surface area contributed by atoms with Crippen LogP contribution in [-0.4, -0.2) is 66.9 Å². The van der Waals surface area contributed by atoms with Gasteiger partial charge in [0.2, 0.25) is 17.2 Å². The van der Waals surface area contributed by atoms with E-state index in [1.54, 1.807) is 66.8 Å². The maximum atomic E-state index is 13.4. The third-order valence-corrected chi connectivity index (χ3v) is 8.09. The molecule has 13 nitrogen and oxygen atoms in total. The van der Waals surface area contributed by atoms with Crippen molar-refractivity contribution in [3.8, 4) is 63.2 Å². The van der Waals surface area contributed by atoms with Crippen molar-refractivity contribution in [1.29, 1.82) is 0 Å². The van der Waals surface area contributed by atoms with Crippen LogP contribution in [0.5, 0.6) is 63.2 Å². The van der Waals surface area contributed by atoms with E-state index in [2.05, 4.69) is 0 Å². The minimum Gasteiger partial charge on any atom is -0.504 e. The van der Waals surface area contributed by atoms with Crippen LogP contribution in [0, 0.1) is 0 Å². The fraction of sp³-hybridized carbons (Fsp3) is 0.222. The summed E-state index contributed by atoms with van der Waals surface area (Å²) in [6.45, 7) is 0. The normalized spacial score (nSPS) is 12.3. The minimum atomic E-state index is -4.96. The van der Waals surface area contributed by atoms with E-state index in [4.69, 9.17) is 46.9 Å². The summed E-state index contributed by atoms with van der Waals surface area (Å²) in [7, 11) is 6.80. The third kappa shape index (κ3) is 8.49. The largest absolute Gasteiger partial charge is 0.585 e. The number of ether oxygens (including phenoxy) is 8. The number of phenols is 1. The van der Waals surface area contributed by atoms with Gasteiger partial charge in [-0.3, -0.25) is 4.89 Å². The van der Waals surface area contributed by atoms with Gasteiger partial charge in [0.1, 0.15) is 0 Å². The zero-order valence-electron chi connectivity index (χ0n) is 28.8. The maximum Gasteiger partial charge on any atom is 0.585 e. The Hall–Kier alpha value is -5.65. The Balaban J connectivity index is 1.62. The number of aromatic hydroxyl groups is 1.